The predicted octanol–water partition coefficient (Wildman–Crippen LogP) is 6.96. The number of hydrogen-bond donors (Lipinski definition) is 0. The first kappa shape index (κ1) is 23.4. The second-order valence-corrected chi connectivity index (χ2v) is 8.42. The van der Waals surface area contributed by atoms with E-state index in [1.165, 1.54) is 69.1 Å². The Morgan fingerprint density at radius 1 is 0.690 bits per heavy atom. The third-order valence-corrected chi connectivity index (χ3v) is 5.99. The maximum absolute atomic E-state index is 12.7. The number of amides is 2. The van der Waals surface area contributed by atoms with Gasteiger partial charge in [-0.15, -0.1) is 0 Å². The van der Waals surface area contributed by atoms with Gasteiger partial charge in [0.25, 0.3) is 11.8 Å². The molecule has 1 aliphatic heterocycles. The molecule has 0 spiro atoms. The molecule has 0 aromatic heterocycles. The molecule has 3 nitrogen and oxygen atoms in total. The Balaban J connectivity index is 1.59. The summed E-state index contributed by atoms with van der Waals surface area (Å²) in [6.45, 7) is 4.44. The van der Waals surface area contributed by atoms with Crippen LogP contribution in [0.2, 0.25) is 0 Å². The van der Waals surface area contributed by atoms with E-state index >= 15 is 0 Å². The monoisotopic (exact) mass is 397 g/mol. The fraction of sp³-hybridized carbons (Fsp3) is 0.615. The van der Waals surface area contributed by atoms with Gasteiger partial charge in [0.05, 0.1) is 6.54 Å². The Hall–Kier alpha value is -1.90. The van der Waals surface area contributed by atoms with E-state index in [4.69, 9.17) is 0 Å². The molecule has 1 aliphatic rings. The van der Waals surface area contributed by atoms with E-state index in [9.17, 15) is 9.59 Å². The molecule has 1 aromatic carbocycles. The Bertz CT molecular complexity index is 663. The second-order valence-electron chi connectivity index (χ2n) is 8.42. The highest BCUT2D eigenvalue weighted by atomic mass is 16.2. The molecule has 2 rings (SSSR count). The van der Waals surface area contributed by atoms with Crippen LogP contribution in [0.5, 0.6) is 0 Å². The molecular formula is C26H39NO2. The van der Waals surface area contributed by atoms with Crippen LogP contribution in [0.15, 0.2) is 41.5 Å². The highest BCUT2D eigenvalue weighted by molar-refractivity contribution is 6.18. The first-order chi connectivity index (χ1) is 14.1. The Kier molecular flexibility index (Phi) is 10.8. The number of carbonyl (C=O) groups is 2. The lowest BCUT2D eigenvalue weighted by molar-refractivity contribution is -0.138. The largest absolute Gasteiger partial charge is 0.270 e. The van der Waals surface area contributed by atoms with Crippen molar-refractivity contribution in [2.24, 2.45) is 0 Å². The number of benzene rings is 1. The van der Waals surface area contributed by atoms with Crippen LogP contribution in [0.4, 0.5) is 0 Å². The van der Waals surface area contributed by atoms with Crippen molar-refractivity contribution in [1.82, 2.24) is 4.90 Å². The summed E-state index contributed by atoms with van der Waals surface area (Å²) in [6, 6.07) is 9.74. The minimum atomic E-state index is -0.118. The van der Waals surface area contributed by atoms with Crippen molar-refractivity contribution in [3.05, 3.63) is 47.0 Å². The van der Waals surface area contributed by atoms with Crippen molar-refractivity contribution in [2.45, 2.75) is 104 Å². The molecule has 1 heterocycles. The zero-order chi connectivity index (χ0) is 20.9. The van der Waals surface area contributed by atoms with Gasteiger partial charge >= 0.3 is 0 Å². The summed E-state index contributed by atoms with van der Waals surface area (Å²) in [7, 11) is 0. The number of rotatable bonds is 15. The van der Waals surface area contributed by atoms with Crippen molar-refractivity contribution in [3.63, 3.8) is 0 Å². The second kappa shape index (κ2) is 13.3. The highest BCUT2D eigenvalue weighted by Gasteiger charge is 2.34. The molecule has 1 aromatic rings. The molecule has 0 bridgehead atoms. The quantitative estimate of drug-likeness (QED) is 0.237. The number of hydrogen-bond acceptors (Lipinski definition) is 2. The van der Waals surface area contributed by atoms with Crippen LogP contribution in [-0.2, 0) is 16.1 Å². The zero-order valence-corrected chi connectivity index (χ0v) is 18.5. The zero-order valence-electron chi connectivity index (χ0n) is 18.5. The van der Waals surface area contributed by atoms with E-state index in [0.717, 1.165) is 30.4 Å². The van der Waals surface area contributed by atoms with Gasteiger partial charge in [-0.25, -0.2) is 0 Å². The van der Waals surface area contributed by atoms with Gasteiger partial charge in [-0.05, 0) is 25.3 Å². The van der Waals surface area contributed by atoms with Gasteiger partial charge in [-0.3, -0.25) is 14.5 Å². The molecule has 29 heavy (non-hydrogen) atoms. The van der Waals surface area contributed by atoms with E-state index in [0.29, 0.717) is 12.1 Å². The lowest BCUT2D eigenvalue weighted by Crippen LogP contribution is -2.31. The normalized spacial score (nSPS) is 14.3. The maximum atomic E-state index is 12.7. The van der Waals surface area contributed by atoms with E-state index in [2.05, 4.69) is 6.92 Å². The third kappa shape index (κ3) is 7.79. The summed E-state index contributed by atoms with van der Waals surface area (Å²) in [5.74, 6) is -0.202. The summed E-state index contributed by atoms with van der Waals surface area (Å²) in [5, 5.41) is 0. The number of carbonyl (C=O) groups excluding carboxylic acids is 2. The van der Waals surface area contributed by atoms with Crippen LogP contribution < -0.4 is 0 Å². The molecule has 3 heteroatoms. The van der Waals surface area contributed by atoms with Gasteiger partial charge < -0.3 is 0 Å². The van der Waals surface area contributed by atoms with Crippen molar-refractivity contribution < 1.29 is 9.59 Å². The molecule has 0 saturated carbocycles. The smallest absolute Gasteiger partial charge is 0.257 e. The van der Waals surface area contributed by atoms with Crippen LogP contribution >= 0.6 is 0 Å². The van der Waals surface area contributed by atoms with Crippen LogP contribution in [0, 0.1) is 0 Å². The Labute approximate surface area is 177 Å². The molecule has 0 aliphatic carbocycles. The first-order valence-electron chi connectivity index (χ1n) is 11.7. The summed E-state index contributed by atoms with van der Waals surface area (Å²) in [5.41, 5.74) is 2.38. The van der Waals surface area contributed by atoms with Crippen LogP contribution in [0.25, 0.3) is 0 Å². The van der Waals surface area contributed by atoms with Gasteiger partial charge in [0.15, 0.2) is 0 Å². The van der Waals surface area contributed by atoms with E-state index < -0.39 is 0 Å². The lowest BCUT2D eigenvalue weighted by Gasteiger charge is -2.15. The van der Waals surface area contributed by atoms with Gasteiger partial charge in [-0.1, -0.05) is 108 Å². The summed E-state index contributed by atoms with van der Waals surface area (Å²) >= 11 is 0. The van der Waals surface area contributed by atoms with Crippen molar-refractivity contribution >= 4 is 11.8 Å². The molecule has 0 fully saturated rings. The Morgan fingerprint density at radius 3 is 1.76 bits per heavy atom. The van der Waals surface area contributed by atoms with Crippen molar-refractivity contribution in [3.8, 4) is 0 Å². The average molecular weight is 398 g/mol. The topological polar surface area (TPSA) is 37.4 Å². The maximum Gasteiger partial charge on any atom is 0.257 e. The SMILES string of the molecule is CCCCCCCCCCCCCCC1=C(C)C(=O)N(Cc2ccccc2)C1=O. The minimum Gasteiger partial charge on any atom is -0.270 e. The molecule has 0 N–H and O–H groups in total. The van der Waals surface area contributed by atoms with Gasteiger partial charge in [0.1, 0.15) is 0 Å². The first-order valence-corrected chi connectivity index (χ1v) is 11.7. The van der Waals surface area contributed by atoms with Crippen LogP contribution in [0.1, 0.15) is 103 Å². The predicted molar refractivity (Wildman–Crippen MR) is 120 cm³/mol. The molecule has 2 amide bonds. The van der Waals surface area contributed by atoms with Crippen molar-refractivity contribution in [1.29, 1.82) is 0 Å². The van der Waals surface area contributed by atoms with E-state index in [1.54, 1.807) is 6.92 Å². The summed E-state index contributed by atoms with van der Waals surface area (Å²) in [4.78, 5) is 26.6. The molecule has 0 saturated heterocycles. The molecular weight excluding hydrogens is 358 g/mol. The molecule has 0 radical (unpaired) electrons. The molecule has 160 valence electrons. The van der Waals surface area contributed by atoms with E-state index in [1.807, 2.05) is 30.3 Å². The standard InChI is InChI=1S/C26H39NO2/c1-3-4-5-6-7-8-9-10-11-12-13-17-20-24-22(2)25(28)27(26(24)29)21-23-18-15-14-16-19-23/h14-16,18-19H,3-13,17,20-21H2,1-2H3. The van der Waals surface area contributed by atoms with Gasteiger partial charge in [-0.2, -0.15) is 0 Å². The fourth-order valence-corrected chi connectivity index (χ4v) is 4.09. The minimum absolute atomic E-state index is 0.0839. The third-order valence-electron chi connectivity index (χ3n) is 5.99. The summed E-state index contributed by atoms with van der Waals surface area (Å²) < 4.78 is 0. The van der Waals surface area contributed by atoms with Crippen LogP contribution in [-0.4, -0.2) is 16.7 Å². The molecule has 0 unspecified atom stereocenters. The number of nitrogens with zero attached hydrogens (tertiary/aromatic N) is 1. The average Bonchev–Trinajstić information content (AvgIpc) is 2.93. The van der Waals surface area contributed by atoms with Gasteiger partial charge in [0, 0.05) is 11.1 Å². The summed E-state index contributed by atoms with van der Waals surface area (Å²) in [6.07, 6.45) is 16.4. The lowest BCUT2D eigenvalue weighted by atomic mass is 10.0. The van der Waals surface area contributed by atoms with Crippen molar-refractivity contribution in [2.75, 3.05) is 0 Å². The van der Waals surface area contributed by atoms with Gasteiger partial charge in [0.2, 0.25) is 0 Å². The number of unbranched alkanes of at least 4 members (excludes halogenated alkanes) is 11. The van der Waals surface area contributed by atoms with E-state index in [-0.39, 0.29) is 11.8 Å². The Morgan fingerprint density at radius 2 is 1.21 bits per heavy atom. The highest BCUT2D eigenvalue weighted by Crippen LogP contribution is 2.26. The van der Waals surface area contributed by atoms with Crippen LogP contribution in [0.3, 0.4) is 0 Å². The number of imide groups is 1. The fourth-order valence-electron chi connectivity index (χ4n) is 4.09. The molecule has 0 atom stereocenters.